The van der Waals surface area contributed by atoms with Crippen LogP contribution in [0.5, 0.6) is 0 Å². The third kappa shape index (κ3) is 3.22. The highest BCUT2D eigenvalue weighted by Gasteiger charge is 2.10. The van der Waals surface area contributed by atoms with Gasteiger partial charge in [0, 0.05) is 0 Å². The number of oxime groups is 1. The lowest BCUT2D eigenvalue weighted by molar-refractivity contribution is -0.111. The average Bonchev–Trinajstić information content (AvgIpc) is 2.40. The van der Waals surface area contributed by atoms with Crippen molar-refractivity contribution in [3.8, 4) is 0 Å². The van der Waals surface area contributed by atoms with E-state index in [1.165, 1.54) is 30.4 Å². The number of nitrogens with zero attached hydrogens (tertiary/aromatic N) is 1. The summed E-state index contributed by atoms with van der Waals surface area (Å²) in [6.07, 6.45) is 4.31. The second-order valence-electron chi connectivity index (χ2n) is 3.93. The summed E-state index contributed by atoms with van der Waals surface area (Å²) in [6, 6.07) is 4.93. The molecule has 0 atom stereocenters. The molecule has 0 saturated carbocycles. The highest BCUT2D eigenvalue weighted by atomic mass is 19.1. The molecule has 0 saturated heterocycles. The Morgan fingerprint density at radius 3 is 2.53 bits per heavy atom. The fourth-order valence-corrected chi connectivity index (χ4v) is 1.42. The largest absolute Gasteiger partial charge is 0.365 e. The number of rotatable bonds is 2. The molecule has 0 spiro atoms. The van der Waals surface area contributed by atoms with Gasteiger partial charge in [-0.1, -0.05) is 5.16 Å². The Hall–Kier alpha value is -2.56. The summed E-state index contributed by atoms with van der Waals surface area (Å²) in [5, 5.41) is 3.62. The van der Waals surface area contributed by atoms with Gasteiger partial charge in [0.1, 0.15) is 11.5 Å². The van der Waals surface area contributed by atoms with Gasteiger partial charge in [-0.25, -0.2) is 9.18 Å². The van der Waals surface area contributed by atoms with Gasteiger partial charge in [0.2, 0.25) is 0 Å². The van der Waals surface area contributed by atoms with Crippen LogP contribution in [0.1, 0.15) is 17.3 Å². The van der Waals surface area contributed by atoms with Crippen molar-refractivity contribution in [2.45, 2.75) is 6.92 Å². The van der Waals surface area contributed by atoms with Gasteiger partial charge >= 0.3 is 5.97 Å². The first-order valence-electron chi connectivity index (χ1n) is 5.52. The molecule has 0 aromatic heterocycles. The maximum atomic E-state index is 12.7. The van der Waals surface area contributed by atoms with Crippen molar-refractivity contribution in [1.82, 2.24) is 0 Å². The lowest BCUT2D eigenvalue weighted by Crippen LogP contribution is -2.07. The van der Waals surface area contributed by atoms with E-state index in [2.05, 4.69) is 5.16 Å². The molecule has 4 nitrogen and oxygen atoms in total. The van der Waals surface area contributed by atoms with Crippen molar-refractivity contribution in [2.75, 3.05) is 0 Å². The standard InChI is InChI=1S/C14H10FNO3/c1-9-8-12(6-7-13(9)17)16-19-14(18)10-2-4-11(15)5-3-10/h2-8H,1H3. The first-order valence-corrected chi connectivity index (χ1v) is 5.52. The lowest BCUT2D eigenvalue weighted by Gasteiger charge is -2.03. The predicted molar refractivity (Wildman–Crippen MR) is 67.2 cm³/mol. The molecule has 19 heavy (non-hydrogen) atoms. The van der Waals surface area contributed by atoms with Crippen molar-refractivity contribution >= 4 is 17.5 Å². The van der Waals surface area contributed by atoms with Gasteiger partial charge in [-0.05, 0) is 55.0 Å². The van der Waals surface area contributed by atoms with E-state index in [0.29, 0.717) is 11.3 Å². The van der Waals surface area contributed by atoms with Crippen molar-refractivity contribution in [1.29, 1.82) is 0 Å². The van der Waals surface area contributed by atoms with Crippen molar-refractivity contribution in [2.24, 2.45) is 5.16 Å². The van der Waals surface area contributed by atoms with Crippen LogP contribution < -0.4 is 0 Å². The molecule has 0 amide bonds. The molecule has 0 fully saturated rings. The molecule has 96 valence electrons. The fourth-order valence-electron chi connectivity index (χ4n) is 1.42. The van der Waals surface area contributed by atoms with E-state index in [4.69, 9.17) is 4.84 Å². The predicted octanol–water partition coefficient (Wildman–Crippen LogP) is 2.42. The van der Waals surface area contributed by atoms with Crippen LogP contribution in [-0.4, -0.2) is 17.5 Å². The van der Waals surface area contributed by atoms with Crippen LogP contribution in [-0.2, 0) is 9.63 Å². The molecular formula is C14H10FNO3. The van der Waals surface area contributed by atoms with Gasteiger partial charge in [-0.15, -0.1) is 0 Å². The van der Waals surface area contributed by atoms with Crippen LogP contribution in [0.3, 0.4) is 0 Å². The lowest BCUT2D eigenvalue weighted by atomic mass is 10.1. The molecule has 1 aliphatic carbocycles. The van der Waals surface area contributed by atoms with Gasteiger partial charge in [0.25, 0.3) is 0 Å². The van der Waals surface area contributed by atoms with Gasteiger partial charge in [-0.3, -0.25) is 4.79 Å². The Morgan fingerprint density at radius 1 is 1.21 bits per heavy atom. The van der Waals surface area contributed by atoms with Gasteiger partial charge in [0.15, 0.2) is 5.78 Å². The van der Waals surface area contributed by atoms with E-state index in [1.54, 1.807) is 6.92 Å². The Bertz CT molecular complexity index is 612. The summed E-state index contributed by atoms with van der Waals surface area (Å²) in [5.41, 5.74) is 1.08. The van der Waals surface area contributed by atoms with Gasteiger partial charge in [-0.2, -0.15) is 0 Å². The van der Waals surface area contributed by atoms with Crippen LogP contribution in [0.15, 0.2) is 53.2 Å². The van der Waals surface area contributed by atoms with Crippen LogP contribution in [0, 0.1) is 5.82 Å². The average molecular weight is 259 g/mol. The van der Waals surface area contributed by atoms with E-state index < -0.39 is 11.8 Å². The summed E-state index contributed by atoms with van der Waals surface area (Å²) in [7, 11) is 0. The molecular weight excluding hydrogens is 249 g/mol. The summed E-state index contributed by atoms with van der Waals surface area (Å²) in [6.45, 7) is 1.64. The molecule has 0 N–H and O–H groups in total. The first kappa shape index (κ1) is 12.9. The minimum Gasteiger partial charge on any atom is -0.312 e. The van der Waals surface area contributed by atoms with E-state index in [1.807, 2.05) is 0 Å². The topological polar surface area (TPSA) is 55.7 Å². The Morgan fingerprint density at radius 2 is 1.89 bits per heavy atom. The third-order valence-corrected chi connectivity index (χ3v) is 2.47. The van der Waals surface area contributed by atoms with Crippen LogP contribution in [0.4, 0.5) is 4.39 Å². The Kier molecular flexibility index (Phi) is 3.66. The molecule has 0 unspecified atom stereocenters. The van der Waals surface area contributed by atoms with Crippen LogP contribution in [0.25, 0.3) is 0 Å². The smallest absolute Gasteiger partial charge is 0.312 e. The first-order chi connectivity index (χ1) is 9.06. The van der Waals surface area contributed by atoms with Gasteiger partial charge < -0.3 is 4.84 Å². The quantitative estimate of drug-likeness (QED) is 0.465. The van der Waals surface area contributed by atoms with Crippen LogP contribution in [0.2, 0.25) is 0 Å². The summed E-state index contributed by atoms with van der Waals surface area (Å²) in [4.78, 5) is 27.5. The summed E-state index contributed by atoms with van der Waals surface area (Å²) >= 11 is 0. The second-order valence-corrected chi connectivity index (χ2v) is 3.93. The molecule has 1 aliphatic rings. The van der Waals surface area contributed by atoms with Gasteiger partial charge in [0.05, 0.1) is 5.56 Å². The number of hydrogen-bond acceptors (Lipinski definition) is 4. The highest BCUT2D eigenvalue weighted by Crippen LogP contribution is 2.07. The van der Waals surface area contributed by atoms with E-state index in [-0.39, 0.29) is 11.3 Å². The zero-order chi connectivity index (χ0) is 13.8. The minimum atomic E-state index is -0.691. The Balaban J connectivity index is 2.07. The number of ketones is 1. The van der Waals surface area contributed by atoms with Crippen molar-refractivity contribution in [3.05, 3.63) is 59.4 Å². The molecule has 0 aliphatic heterocycles. The molecule has 1 aromatic carbocycles. The number of carbonyl (C=O) groups is 2. The monoisotopic (exact) mass is 259 g/mol. The summed E-state index contributed by atoms with van der Waals surface area (Å²) < 4.78 is 12.7. The highest BCUT2D eigenvalue weighted by molar-refractivity contribution is 6.18. The molecule has 1 aromatic rings. The fraction of sp³-hybridized carbons (Fsp3) is 0.0714. The number of benzene rings is 1. The number of allylic oxidation sites excluding steroid dienone is 4. The number of hydrogen-bond donors (Lipinski definition) is 0. The van der Waals surface area contributed by atoms with Crippen molar-refractivity contribution < 1.29 is 18.8 Å². The molecule has 0 heterocycles. The number of halogens is 1. The summed E-state index contributed by atoms with van der Waals surface area (Å²) in [5.74, 6) is -1.23. The maximum absolute atomic E-state index is 12.7. The minimum absolute atomic E-state index is 0.108. The molecule has 5 heteroatoms. The molecule has 0 bridgehead atoms. The number of carbonyl (C=O) groups excluding carboxylic acids is 2. The SMILES string of the molecule is CC1=CC(=NOC(=O)c2ccc(F)cc2)C=CC1=O. The maximum Gasteiger partial charge on any atom is 0.365 e. The van der Waals surface area contributed by atoms with E-state index in [0.717, 1.165) is 12.1 Å². The van der Waals surface area contributed by atoms with Crippen LogP contribution >= 0.6 is 0 Å². The Labute approximate surface area is 108 Å². The zero-order valence-electron chi connectivity index (χ0n) is 10.1. The van der Waals surface area contributed by atoms with Crippen molar-refractivity contribution in [3.63, 3.8) is 0 Å². The second kappa shape index (κ2) is 5.39. The zero-order valence-corrected chi connectivity index (χ0v) is 10.1. The van der Waals surface area contributed by atoms with E-state index >= 15 is 0 Å². The normalized spacial score (nSPS) is 16.4. The molecule has 2 rings (SSSR count). The third-order valence-electron chi connectivity index (χ3n) is 2.47. The molecule has 0 radical (unpaired) electrons. The van der Waals surface area contributed by atoms with E-state index in [9.17, 15) is 14.0 Å².